The van der Waals surface area contributed by atoms with Crippen molar-refractivity contribution in [3.63, 3.8) is 0 Å². The van der Waals surface area contributed by atoms with Crippen LogP contribution in [0.3, 0.4) is 0 Å². The second kappa shape index (κ2) is 7.79. The van der Waals surface area contributed by atoms with Gasteiger partial charge in [-0.15, -0.1) is 0 Å². The molecule has 1 aromatic carbocycles. The van der Waals surface area contributed by atoms with Gasteiger partial charge in [0.1, 0.15) is 0 Å². The van der Waals surface area contributed by atoms with Crippen molar-refractivity contribution in [2.24, 2.45) is 0 Å². The summed E-state index contributed by atoms with van der Waals surface area (Å²) in [7, 11) is 0. The van der Waals surface area contributed by atoms with E-state index in [-0.39, 0.29) is 6.03 Å². The van der Waals surface area contributed by atoms with Gasteiger partial charge in [0.25, 0.3) is 0 Å². The largest absolute Gasteiger partial charge is 0.335 e. The van der Waals surface area contributed by atoms with Crippen LogP contribution in [0.1, 0.15) is 30.9 Å². The second-order valence-electron chi connectivity index (χ2n) is 6.58. The molecule has 1 saturated carbocycles. The fraction of sp³-hybridized carbons (Fsp3) is 0.611. The van der Waals surface area contributed by atoms with E-state index in [1.165, 1.54) is 11.1 Å². The lowest BCUT2D eigenvalue weighted by Gasteiger charge is -2.34. The Morgan fingerprint density at radius 3 is 2.39 bits per heavy atom. The summed E-state index contributed by atoms with van der Waals surface area (Å²) in [6.45, 7) is 9.49. The highest BCUT2D eigenvalue weighted by Crippen LogP contribution is 2.18. The molecule has 0 radical (unpaired) electrons. The molecular weight excluding hydrogens is 288 g/mol. The number of amides is 2. The molecule has 0 bridgehead atoms. The summed E-state index contributed by atoms with van der Waals surface area (Å²) in [6, 6.07) is 8.80. The van der Waals surface area contributed by atoms with Crippen LogP contribution in [0.4, 0.5) is 4.79 Å². The van der Waals surface area contributed by atoms with Gasteiger partial charge >= 0.3 is 6.03 Å². The zero-order chi connectivity index (χ0) is 16.1. The van der Waals surface area contributed by atoms with Crippen LogP contribution in [0, 0.1) is 0 Å². The van der Waals surface area contributed by atoms with Crippen molar-refractivity contribution >= 4 is 6.03 Å². The lowest BCUT2D eigenvalue weighted by Crippen LogP contribution is -2.45. The van der Waals surface area contributed by atoms with Crippen LogP contribution in [-0.4, -0.2) is 54.6 Å². The number of nitrogens with one attached hydrogen (secondary N) is 2. The monoisotopic (exact) mass is 316 g/mol. The van der Waals surface area contributed by atoms with Crippen LogP contribution in [0.15, 0.2) is 24.3 Å². The van der Waals surface area contributed by atoms with Gasteiger partial charge in [-0.25, -0.2) is 4.79 Å². The van der Waals surface area contributed by atoms with E-state index in [1.807, 2.05) is 6.07 Å². The van der Waals surface area contributed by atoms with Crippen molar-refractivity contribution in [3.05, 3.63) is 35.4 Å². The molecule has 0 spiro atoms. The summed E-state index contributed by atoms with van der Waals surface area (Å²) in [5.74, 6) is 0. The van der Waals surface area contributed by atoms with Gasteiger partial charge in [0, 0.05) is 45.3 Å². The maximum absolute atomic E-state index is 11.8. The average Bonchev–Trinajstić information content (AvgIpc) is 3.39. The van der Waals surface area contributed by atoms with E-state index in [0.29, 0.717) is 12.6 Å². The first-order valence-corrected chi connectivity index (χ1v) is 8.80. The summed E-state index contributed by atoms with van der Waals surface area (Å²) >= 11 is 0. The van der Waals surface area contributed by atoms with E-state index >= 15 is 0 Å². The molecule has 2 aliphatic rings. The Hall–Kier alpha value is -1.59. The molecule has 2 N–H and O–H groups in total. The van der Waals surface area contributed by atoms with Gasteiger partial charge in [-0.1, -0.05) is 31.2 Å². The molecule has 1 aliphatic carbocycles. The minimum absolute atomic E-state index is 0.0427. The molecule has 1 heterocycles. The quantitative estimate of drug-likeness (QED) is 0.841. The van der Waals surface area contributed by atoms with Crippen molar-refractivity contribution in [2.75, 3.05) is 32.7 Å². The molecule has 23 heavy (non-hydrogen) atoms. The standard InChI is InChI=1S/C18H28N4O/c1-2-21-9-11-22(12-10-21)14-16-6-4-3-5-15(16)13-19-18(23)20-17-7-8-17/h3-6,17H,2,7-14H2,1H3,(H2,19,20,23). The van der Waals surface area contributed by atoms with Crippen LogP contribution < -0.4 is 10.6 Å². The van der Waals surface area contributed by atoms with E-state index in [0.717, 1.165) is 52.1 Å². The molecule has 5 nitrogen and oxygen atoms in total. The highest BCUT2D eigenvalue weighted by Gasteiger charge is 2.23. The number of nitrogens with zero attached hydrogens (tertiary/aromatic N) is 2. The Morgan fingerprint density at radius 2 is 1.74 bits per heavy atom. The zero-order valence-corrected chi connectivity index (χ0v) is 14.1. The SMILES string of the molecule is CCN1CCN(Cc2ccccc2CNC(=O)NC2CC2)CC1. The fourth-order valence-electron chi connectivity index (χ4n) is 3.03. The summed E-state index contributed by atoms with van der Waals surface area (Å²) in [4.78, 5) is 16.8. The fourth-order valence-corrected chi connectivity index (χ4v) is 3.03. The first-order valence-electron chi connectivity index (χ1n) is 8.80. The van der Waals surface area contributed by atoms with E-state index < -0.39 is 0 Å². The number of carbonyl (C=O) groups excluding carboxylic acids is 1. The zero-order valence-electron chi connectivity index (χ0n) is 14.1. The first kappa shape index (κ1) is 16.3. The van der Waals surface area contributed by atoms with Gasteiger partial charge < -0.3 is 15.5 Å². The van der Waals surface area contributed by atoms with Crippen LogP contribution in [-0.2, 0) is 13.1 Å². The lowest BCUT2D eigenvalue weighted by molar-refractivity contribution is 0.131. The van der Waals surface area contributed by atoms with Crippen LogP contribution >= 0.6 is 0 Å². The third kappa shape index (κ3) is 4.94. The number of piperazine rings is 1. The predicted octanol–water partition coefficient (Wildman–Crippen LogP) is 1.79. The first-order chi connectivity index (χ1) is 11.2. The van der Waals surface area contributed by atoms with Crippen molar-refractivity contribution in [3.8, 4) is 0 Å². The summed E-state index contributed by atoms with van der Waals surface area (Å²) in [5.41, 5.74) is 2.54. The minimum atomic E-state index is -0.0427. The van der Waals surface area contributed by atoms with Crippen LogP contribution in [0.2, 0.25) is 0 Å². The Labute approximate surface area is 139 Å². The molecule has 3 rings (SSSR count). The summed E-state index contributed by atoms with van der Waals surface area (Å²) in [5, 5.41) is 5.96. The highest BCUT2D eigenvalue weighted by atomic mass is 16.2. The third-order valence-corrected chi connectivity index (χ3v) is 4.78. The van der Waals surface area contributed by atoms with Gasteiger partial charge in [-0.3, -0.25) is 4.90 Å². The number of carbonyl (C=O) groups is 1. The molecule has 1 saturated heterocycles. The normalized spacial score (nSPS) is 19.5. The average molecular weight is 316 g/mol. The molecule has 126 valence electrons. The summed E-state index contributed by atoms with van der Waals surface area (Å²) < 4.78 is 0. The number of rotatable bonds is 6. The Kier molecular flexibility index (Phi) is 5.51. The number of benzene rings is 1. The number of hydrogen-bond donors (Lipinski definition) is 2. The van der Waals surface area contributed by atoms with Gasteiger partial charge in [0.15, 0.2) is 0 Å². The van der Waals surface area contributed by atoms with Gasteiger partial charge in [-0.05, 0) is 30.5 Å². The van der Waals surface area contributed by atoms with Crippen molar-refractivity contribution in [1.29, 1.82) is 0 Å². The van der Waals surface area contributed by atoms with E-state index in [2.05, 4.69) is 45.6 Å². The smallest absolute Gasteiger partial charge is 0.315 e. The Bertz CT molecular complexity index is 522. The second-order valence-corrected chi connectivity index (χ2v) is 6.58. The number of hydrogen-bond acceptors (Lipinski definition) is 3. The van der Waals surface area contributed by atoms with E-state index in [1.54, 1.807) is 0 Å². The molecule has 1 aromatic rings. The topological polar surface area (TPSA) is 47.6 Å². The van der Waals surface area contributed by atoms with Crippen LogP contribution in [0.5, 0.6) is 0 Å². The molecule has 2 amide bonds. The number of urea groups is 1. The minimum Gasteiger partial charge on any atom is -0.335 e. The van der Waals surface area contributed by atoms with E-state index in [4.69, 9.17) is 0 Å². The van der Waals surface area contributed by atoms with Gasteiger partial charge in [0.2, 0.25) is 0 Å². The Morgan fingerprint density at radius 1 is 1.09 bits per heavy atom. The van der Waals surface area contributed by atoms with Crippen LogP contribution in [0.25, 0.3) is 0 Å². The molecule has 1 aliphatic heterocycles. The molecule has 0 aromatic heterocycles. The van der Waals surface area contributed by atoms with Gasteiger partial charge in [0.05, 0.1) is 0 Å². The maximum atomic E-state index is 11.8. The Balaban J connectivity index is 1.51. The summed E-state index contributed by atoms with van der Waals surface area (Å²) in [6.07, 6.45) is 2.24. The molecular formula is C18H28N4O. The van der Waals surface area contributed by atoms with Crippen molar-refractivity contribution in [2.45, 2.75) is 38.9 Å². The molecule has 5 heteroatoms. The lowest BCUT2D eigenvalue weighted by atomic mass is 10.1. The molecule has 2 fully saturated rings. The predicted molar refractivity (Wildman–Crippen MR) is 92.2 cm³/mol. The molecule has 0 unspecified atom stereocenters. The maximum Gasteiger partial charge on any atom is 0.315 e. The van der Waals surface area contributed by atoms with Crippen molar-refractivity contribution in [1.82, 2.24) is 20.4 Å². The third-order valence-electron chi connectivity index (χ3n) is 4.78. The number of likely N-dealkylation sites (N-methyl/N-ethyl adjacent to an activating group) is 1. The van der Waals surface area contributed by atoms with Gasteiger partial charge in [-0.2, -0.15) is 0 Å². The van der Waals surface area contributed by atoms with Crippen molar-refractivity contribution < 1.29 is 4.79 Å². The highest BCUT2D eigenvalue weighted by molar-refractivity contribution is 5.74. The van der Waals surface area contributed by atoms with E-state index in [9.17, 15) is 4.79 Å². The molecule has 0 atom stereocenters.